The smallest absolute Gasteiger partial charge is 0.267 e. The topological polar surface area (TPSA) is 51.2 Å². The van der Waals surface area contributed by atoms with Crippen molar-refractivity contribution in [2.45, 2.75) is 26.9 Å². The molecular formula is C11H14N2O2. The van der Waals surface area contributed by atoms with E-state index in [1.165, 1.54) is 0 Å². The minimum absolute atomic E-state index is 0.131. The van der Waals surface area contributed by atoms with Crippen LogP contribution in [0.2, 0.25) is 0 Å². The van der Waals surface area contributed by atoms with E-state index >= 15 is 0 Å². The fraction of sp³-hybridized carbons (Fsp3) is 0.455. The van der Waals surface area contributed by atoms with Crippen molar-refractivity contribution in [3.05, 3.63) is 18.3 Å². The molecule has 0 spiro atoms. The lowest BCUT2D eigenvalue weighted by Gasteiger charge is -2.33. The molecule has 1 amide bonds. The van der Waals surface area contributed by atoms with Gasteiger partial charge in [-0.25, -0.2) is 4.98 Å². The second-order valence-corrected chi connectivity index (χ2v) is 4.70. The largest absolute Gasteiger partial charge is 0.476 e. The molecule has 1 N–H and O–H groups in total. The van der Waals surface area contributed by atoms with Gasteiger partial charge in [-0.2, -0.15) is 0 Å². The highest BCUT2D eigenvalue weighted by molar-refractivity contribution is 5.97. The highest BCUT2D eigenvalue weighted by Gasteiger charge is 2.37. The Kier molecular flexibility index (Phi) is 2.14. The Bertz CT molecular complexity index is 396. The molecule has 1 aromatic heterocycles. The van der Waals surface area contributed by atoms with Crippen molar-refractivity contribution in [2.75, 3.05) is 5.32 Å². The van der Waals surface area contributed by atoms with Crippen LogP contribution in [-0.2, 0) is 4.79 Å². The van der Waals surface area contributed by atoms with Gasteiger partial charge in [-0.05, 0) is 12.1 Å². The lowest BCUT2D eigenvalue weighted by molar-refractivity contribution is -0.128. The van der Waals surface area contributed by atoms with Gasteiger partial charge in [-0.3, -0.25) is 4.79 Å². The molecule has 0 saturated heterocycles. The van der Waals surface area contributed by atoms with E-state index in [4.69, 9.17) is 4.74 Å². The van der Waals surface area contributed by atoms with Gasteiger partial charge in [0.25, 0.3) is 5.91 Å². The van der Waals surface area contributed by atoms with E-state index in [1.807, 2.05) is 20.8 Å². The Morgan fingerprint density at radius 2 is 2.20 bits per heavy atom. The SMILES string of the molecule is CC(C)(C)C1Oc2cccnc2NC1=O. The van der Waals surface area contributed by atoms with Crippen LogP contribution < -0.4 is 10.1 Å². The van der Waals surface area contributed by atoms with E-state index in [2.05, 4.69) is 10.3 Å². The summed E-state index contributed by atoms with van der Waals surface area (Å²) in [5.74, 6) is 1.01. The third-order valence-electron chi connectivity index (χ3n) is 2.28. The van der Waals surface area contributed by atoms with E-state index in [0.29, 0.717) is 11.6 Å². The van der Waals surface area contributed by atoms with Crippen LogP contribution in [0.5, 0.6) is 5.75 Å². The number of anilines is 1. The molecule has 1 unspecified atom stereocenters. The average Bonchev–Trinajstić information content (AvgIpc) is 2.15. The second kappa shape index (κ2) is 3.22. The lowest BCUT2D eigenvalue weighted by atomic mass is 9.88. The average molecular weight is 206 g/mol. The van der Waals surface area contributed by atoms with Crippen LogP contribution in [0.25, 0.3) is 0 Å². The van der Waals surface area contributed by atoms with Crippen LogP contribution in [0.1, 0.15) is 20.8 Å². The van der Waals surface area contributed by atoms with Crippen LogP contribution in [0.15, 0.2) is 18.3 Å². The first-order valence-electron chi connectivity index (χ1n) is 4.91. The van der Waals surface area contributed by atoms with Crippen LogP contribution in [0, 0.1) is 5.41 Å². The van der Waals surface area contributed by atoms with Gasteiger partial charge < -0.3 is 10.1 Å². The van der Waals surface area contributed by atoms with Crippen LogP contribution in [0.4, 0.5) is 5.82 Å². The first-order valence-corrected chi connectivity index (χ1v) is 4.91. The highest BCUT2D eigenvalue weighted by Crippen LogP contribution is 2.33. The third-order valence-corrected chi connectivity index (χ3v) is 2.28. The molecule has 0 bridgehead atoms. The third kappa shape index (κ3) is 1.79. The fourth-order valence-corrected chi connectivity index (χ4v) is 1.51. The fourth-order valence-electron chi connectivity index (χ4n) is 1.51. The first kappa shape index (κ1) is 9.96. The van der Waals surface area contributed by atoms with Crippen LogP contribution >= 0.6 is 0 Å². The molecule has 1 aliphatic rings. The van der Waals surface area contributed by atoms with Gasteiger partial charge in [0.1, 0.15) is 0 Å². The van der Waals surface area contributed by atoms with E-state index in [0.717, 1.165) is 0 Å². The summed E-state index contributed by atoms with van der Waals surface area (Å²) in [6, 6.07) is 3.59. The van der Waals surface area contributed by atoms with E-state index in [9.17, 15) is 4.79 Å². The maximum atomic E-state index is 11.7. The number of carbonyl (C=O) groups excluding carboxylic acids is 1. The molecule has 2 rings (SSSR count). The van der Waals surface area contributed by atoms with Crippen molar-refractivity contribution in [1.29, 1.82) is 0 Å². The number of nitrogens with zero attached hydrogens (tertiary/aromatic N) is 1. The zero-order chi connectivity index (χ0) is 11.1. The Labute approximate surface area is 88.7 Å². The van der Waals surface area contributed by atoms with E-state index < -0.39 is 6.10 Å². The van der Waals surface area contributed by atoms with Crippen molar-refractivity contribution < 1.29 is 9.53 Å². The van der Waals surface area contributed by atoms with Crippen molar-refractivity contribution in [3.8, 4) is 5.75 Å². The summed E-state index contributed by atoms with van der Waals surface area (Å²) in [5, 5.41) is 2.74. The Balaban J connectivity index is 2.34. The summed E-state index contributed by atoms with van der Waals surface area (Å²) >= 11 is 0. The second-order valence-electron chi connectivity index (χ2n) is 4.70. The predicted octanol–water partition coefficient (Wildman–Crippen LogP) is 1.83. The molecule has 0 radical (unpaired) electrons. The molecule has 80 valence electrons. The van der Waals surface area contributed by atoms with Crippen molar-refractivity contribution >= 4 is 11.7 Å². The van der Waals surface area contributed by atoms with Crippen LogP contribution in [0.3, 0.4) is 0 Å². The number of rotatable bonds is 0. The molecule has 1 aliphatic heterocycles. The van der Waals surface area contributed by atoms with Gasteiger partial charge in [0.05, 0.1) is 0 Å². The molecule has 15 heavy (non-hydrogen) atoms. The van der Waals surface area contributed by atoms with Gasteiger partial charge in [0.15, 0.2) is 17.7 Å². The summed E-state index contributed by atoms with van der Waals surface area (Å²) < 4.78 is 5.63. The zero-order valence-electron chi connectivity index (χ0n) is 9.07. The minimum atomic E-state index is -0.464. The number of fused-ring (bicyclic) bond motifs is 1. The molecule has 4 heteroatoms. The number of pyridine rings is 1. The Morgan fingerprint density at radius 3 is 2.87 bits per heavy atom. The van der Waals surface area contributed by atoms with Gasteiger partial charge in [0, 0.05) is 11.6 Å². The summed E-state index contributed by atoms with van der Waals surface area (Å²) in [7, 11) is 0. The summed E-state index contributed by atoms with van der Waals surface area (Å²) in [6.45, 7) is 5.91. The maximum Gasteiger partial charge on any atom is 0.267 e. The quantitative estimate of drug-likeness (QED) is 0.704. The summed E-state index contributed by atoms with van der Waals surface area (Å²) in [6.07, 6.45) is 1.16. The standard InChI is InChI=1S/C11H14N2O2/c1-11(2,3)8-10(14)13-9-7(15-8)5-4-6-12-9/h4-6,8H,1-3H3,(H,12,13,14). The number of carbonyl (C=O) groups is 1. The monoisotopic (exact) mass is 206 g/mol. The van der Waals surface area contributed by atoms with Crippen molar-refractivity contribution in [2.24, 2.45) is 5.41 Å². The Morgan fingerprint density at radius 1 is 1.47 bits per heavy atom. The lowest BCUT2D eigenvalue weighted by Crippen LogP contribution is -2.45. The molecule has 0 saturated carbocycles. The van der Waals surface area contributed by atoms with Crippen molar-refractivity contribution in [1.82, 2.24) is 4.98 Å². The number of hydrogen-bond donors (Lipinski definition) is 1. The molecule has 4 nitrogen and oxygen atoms in total. The number of amides is 1. The minimum Gasteiger partial charge on any atom is -0.476 e. The zero-order valence-corrected chi connectivity index (χ0v) is 9.07. The normalized spacial score (nSPS) is 20.2. The molecular weight excluding hydrogens is 192 g/mol. The van der Waals surface area contributed by atoms with E-state index in [-0.39, 0.29) is 11.3 Å². The Hall–Kier alpha value is -1.58. The molecule has 2 heterocycles. The van der Waals surface area contributed by atoms with Gasteiger partial charge in [-0.15, -0.1) is 0 Å². The number of aromatic nitrogens is 1. The molecule has 1 atom stereocenters. The highest BCUT2D eigenvalue weighted by atomic mass is 16.5. The predicted molar refractivity (Wildman–Crippen MR) is 56.7 cm³/mol. The van der Waals surface area contributed by atoms with Crippen molar-refractivity contribution in [3.63, 3.8) is 0 Å². The molecule has 0 aromatic carbocycles. The number of ether oxygens (including phenoxy) is 1. The van der Waals surface area contributed by atoms with Gasteiger partial charge in [0.2, 0.25) is 0 Å². The van der Waals surface area contributed by atoms with Gasteiger partial charge >= 0.3 is 0 Å². The molecule has 1 aromatic rings. The number of nitrogens with one attached hydrogen (secondary N) is 1. The maximum absolute atomic E-state index is 11.7. The first-order chi connectivity index (χ1) is 6.98. The summed E-state index contributed by atoms with van der Waals surface area (Å²) in [4.78, 5) is 15.8. The van der Waals surface area contributed by atoms with Gasteiger partial charge in [-0.1, -0.05) is 20.8 Å². The number of hydrogen-bond acceptors (Lipinski definition) is 3. The molecule has 0 fully saturated rings. The summed E-state index contributed by atoms with van der Waals surface area (Å²) in [5.41, 5.74) is -0.225. The molecule has 0 aliphatic carbocycles. The van der Waals surface area contributed by atoms with E-state index in [1.54, 1.807) is 18.3 Å². The van der Waals surface area contributed by atoms with Crippen LogP contribution in [-0.4, -0.2) is 17.0 Å².